The van der Waals surface area contributed by atoms with E-state index in [0.29, 0.717) is 0 Å². The lowest BCUT2D eigenvalue weighted by atomic mass is 9.72. The van der Waals surface area contributed by atoms with Crippen LogP contribution in [0.15, 0.2) is 218 Å². The Kier molecular flexibility index (Phi) is 8.72. The van der Waals surface area contributed by atoms with Crippen LogP contribution < -0.4 is 9.80 Å². The average Bonchev–Trinajstić information content (AvgIpc) is 3.67. The van der Waals surface area contributed by atoms with Crippen LogP contribution in [0.5, 0.6) is 0 Å². The normalized spacial score (nSPS) is 12.9. The van der Waals surface area contributed by atoms with Crippen molar-refractivity contribution in [3.05, 3.63) is 230 Å². The molecule has 1 aromatic heterocycles. The lowest BCUT2D eigenvalue weighted by Gasteiger charge is -2.43. The number of aromatic nitrogens is 1. The molecule has 0 saturated heterocycles. The average molecular weight is 784 g/mol. The van der Waals surface area contributed by atoms with Crippen molar-refractivity contribution in [1.29, 1.82) is 0 Å². The molecule has 0 aliphatic carbocycles. The molecule has 292 valence electrons. The van der Waals surface area contributed by atoms with Gasteiger partial charge in [0, 0.05) is 51.5 Å². The van der Waals surface area contributed by atoms with Crippen molar-refractivity contribution < 1.29 is 0 Å². The third-order valence-electron chi connectivity index (χ3n) is 12.8. The lowest BCUT2D eigenvalue weighted by molar-refractivity contribution is 0.633. The van der Waals surface area contributed by atoms with Gasteiger partial charge in [-0.1, -0.05) is 172 Å². The largest absolute Gasteiger partial charge is 0.344 e. The number of fused-ring (bicyclic) bond motifs is 6. The Bertz CT molecular complexity index is 3200. The van der Waals surface area contributed by atoms with Crippen LogP contribution in [0.25, 0.3) is 60.9 Å². The van der Waals surface area contributed by atoms with E-state index in [1.165, 1.54) is 77.7 Å². The molecule has 3 nitrogen and oxygen atoms in total. The van der Waals surface area contributed by atoms with E-state index in [0.717, 1.165) is 22.7 Å². The summed E-state index contributed by atoms with van der Waals surface area (Å²) in [5.74, 6) is 0. The summed E-state index contributed by atoms with van der Waals surface area (Å²) in [5, 5.41) is 2.49. The molecule has 0 N–H and O–H groups in total. The molecule has 0 spiro atoms. The molecule has 1 aliphatic heterocycles. The Labute approximate surface area is 358 Å². The summed E-state index contributed by atoms with van der Waals surface area (Å²) in [4.78, 5) is 4.82. The van der Waals surface area contributed by atoms with E-state index in [-0.39, 0.29) is 5.41 Å². The first kappa shape index (κ1) is 36.5. The van der Waals surface area contributed by atoms with E-state index < -0.39 is 0 Å². The molecule has 3 heteroatoms. The van der Waals surface area contributed by atoms with Gasteiger partial charge in [0.05, 0.1) is 22.4 Å². The first-order valence-corrected chi connectivity index (χ1v) is 21.2. The minimum Gasteiger partial charge on any atom is -0.344 e. The molecule has 0 saturated carbocycles. The van der Waals surface area contributed by atoms with E-state index in [9.17, 15) is 0 Å². The number of hydrogen-bond donors (Lipinski definition) is 0. The highest BCUT2D eigenvalue weighted by atomic mass is 15.2. The highest BCUT2D eigenvalue weighted by molar-refractivity contribution is 6.16. The fourth-order valence-corrected chi connectivity index (χ4v) is 9.64. The monoisotopic (exact) mass is 783 g/mol. The van der Waals surface area contributed by atoms with Crippen LogP contribution in [0.3, 0.4) is 0 Å². The summed E-state index contributed by atoms with van der Waals surface area (Å²) in [7, 11) is 2.17. The van der Waals surface area contributed by atoms with E-state index in [4.69, 9.17) is 0 Å². The van der Waals surface area contributed by atoms with E-state index in [1.54, 1.807) is 0 Å². The van der Waals surface area contributed by atoms with Crippen LogP contribution in [0.2, 0.25) is 0 Å². The summed E-state index contributed by atoms with van der Waals surface area (Å²) in [6.45, 7) is 4.80. The molecule has 9 aromatic carbocycles. The molecule has 0 fully saturated rings. The topological polar surface area (TPSA) is 11.4 Å². The Morgan fingerprint density at radius 1 is 0.426 bits per heavy atom. The van der Waals surface area contributed by atoms with Gasteiger partial charge in [0.15, 0.2) is 0 Å². The van der Waals surface area contributed by atoms with Gasteiger partial charge in [0.2, 0.25) is 0 Å². The smallest absolute Gasteiger partial charge is 0.0785 e. The van der Waals surface area contributed by atoms with Gasteiger partial charge in [-0.2, -0.15) is 0 Å². The number of hydrogen-bond acceptors (Lipinski definition) is 2. The maximum atomic E-state index is 2.52. The van der Waals surface area contributed by atoms with Crippen molar-refractivity contribution in [2.24, 2.45) is 0 Å². The highest BCUT2D eigenvalue weighted by Gasteiger charge is 2.39. The summed E-state index contributed by atoms with van der Waals surface area (Å²) in [6.07, 6.45) is 0. The standard InChI is InChI=1S/C58H45N3/c1-58(2)51-37-36-50-49-24-14-16-26-54(49)60(47-34-29-43(30-35-47)41-19-9-5-10-20-41)56(50)57(51)61(46-21-11-6-12-22-46)55-38-31-44(39-52(55)58)48-23-13-15-25-53(48)59(3)45-32-27-42(28-33-45)40-17-7-4-8-18-40/h4-39H,1-3H3. The van der Waals surface area contributed by atoms with Crippen LogP contribution in [0.1, 0.15) is 25.0 Å². The molecule has 0 unspecified atom stereocenters. The quantitative estimate of drug-likeness (QED) is 0.159. The fourth-order valence-electron chi connectivity index (χ4n) is 9.64. The summed E-state index contributed by atoms with van der Waals surface area (Å²) in [6, 6.07) is 79.6. The summed E-state index contributed by atoms with van der Waals surface area (Å²) >= 11 is 0. The minimum atomic E-state index is -0.327. The van der Waals surface area contributed by atoms with Crippen LogP contribution >= 0.6 is 0 Å². The van der Waals surface area contributed by atoms with Gasteiger partial charge in [0.25, 0.3) is 0 Å². The van der Waals surface area contributed by atoms with Crippen LogP contribution in [0, 0.1) is 0 Å². The minimum absolute atomic E-state index is 0.327. The first-order chi connectivity index (χ1) is 30.0. The maximum absolute atomic E-state index is 2.52. The Morgan fingerprint density at radius 2 is 0.984 bits per heavy atom. The lowest BCUT2D eigenvalue weighted by Crippen LogP contribution is -2.31. The van der Waals surface area contributed by atoms with Gasteiger partial charge in [-0.15, -0.1) is 0 Å². The number of para-hydroxylation sites is 3. The molecule has 1 aliphatic rings. The summed E-state index contributed by atoms with van der Waals surface area (Å²) < 4.78 is 2.49. The van der Waals surface area contributed by atoms with E-state index in [1.807, 2.05) is 0 Å². The Morgan fingerprint density at radius 3 is 1.67 bits per heavy atom. The molecule has 11 rings (SSSR count). The van der Waals surface area contributed by atoms with Gasteiger partial charge >= 0.3 is 0 Å². The van der Waals surface area contributed by atoms with E-state index >= 15 is 0 Å². The number of rotatable bonds is 7. The fraction of sp³-hybridized carbons (Fsp3) is 0.0690. The zero-order chi connectivity index (χ0) is 41.1. The second kappa shape index (κ2) is 14.6. The third-order valence-corrected chi connectivity index (χ3v) is 12.8. The zero-order valence-electron chi connectivity index (χ0n) is 34.6. The molecule has 61 heavy (non-hydrogen) atoms. The number of nitrogens with zero attached hydrogens (tertiary/aromatic N) is 3. The molecule has 0 atom stereocenters. The number of anilines is 5. The predicted molar refractivity (Wildman–Crippen MR) is 258 cm³/mol. The van der Waals surface area contributed by atoms with Crippen LogP contribution in [-0.4, -0.2) is 11.6 Å². The maximum Gasteiger partial charge on any atom is 0.0785 e. The highest BCUT2D eigenvalue weighted by Crippen LogP contribution is 2.56. The summed E-state index contributed by atoms with van der Waals surface area (Å²) in [5.41, 5.74) is 18.9. The Hall–Kier alpha value is -7.62. The molecule has 0 radical (unpaired) electrons. The SMILES string of the molecule is CN(c1ccc(-c2ccccc2)cc1)c1ccccc1-c1ccc2c(c1)C(C)(C)c1ccc3c4ccccc4n(-c4ccc(-c5ccccc5)cc4)c3c1N2c1ccccc1. The predicted octanol–water partition coefficient (Wildman–Crippen LogP) is 15.7. The van der Waals surface area contributed by atoms with Crippen molar-refractivity contribution >= 4 is 50.2 Å². The van der Waals surface area contributed by atoms with Gasteiger partial charge in [0.1, 0.15) is 0 Å². The van der Waals surface area contributed by atoms with Crippen molar-refractivity contribution in [2.45, 2.75) is 19.3 Å². The molecule has 10 aromatic rings. The van der Waals surface area contributed by atoms with E-state index in [2.05, 4.69) is 254 Å². The first-order valence-electron chi connectivity index (χ1n) is 21.2. The van der Waals surface area contributed by atoms with Crippen molar-refractivity contribution in [2.75, 3.05) is 16.8 Å². The zero-order valence-corrected chi connectivity index (χ0v) is 34.6. The molecule has 2 heterocycles. The Balaban J connectivity index is 1.08. The van der Waals surface area contributed by atoms with Crippen LogP contribution in [-0.2, 0) is 5.41 Å². The van der Waals surface area contributed by atoms with Gasteiger partial charge < -0.3 is 14.4 Å². The second-order valence-corrected chi connectivity index (χ2v) is 16.6. The van der Waals surface area contributed by atoms with Crippen molar-refractivity contribution in [1.82, 2.24) is 4.57 Å². The molecule has 0 bridgehead atoms. The van der Waals surface area contributed by atoms with Crippen molar-refractivity contribution in [3.63, 3.8) is 0 Å². The molecular formula is C58H45N3. The van der Waals surface area contributed by atoms with Gasteiger partial charge in [-0.3, -0.25) is 0 Å². The van der Waals surface area contributed by atoms with Gasteiger partial charge in [-0.05, 0) is 99.6 Å². The van der Waals surface area contributed by atoms with Gasteiger partial charge in [-0.25, -0.2) is 0 Å². The van der Waals surface area contributed by atoms with Crippen LogP contribution in [0.4, 0.5) is 28.4 Å². The second-order valence-electron chi connectivity index (χ2n) is 16.6. The number of benzene rings is 9. The molecule has 0 amide bonds. The third kappa shape index (κ3) is 6.04. The van der Waals surface area contributed by atoms with Crippen molar-refractivity contribution in [3.8, 4) is 39.1 Å². The molecular weight excluding hydrogens is 739 g/mol.